The van der Waals surface area contributed by atoms with E-state index in [9.17, 15) is 4.79 Å². The van der Waals surface area contributed by atoms with Gasteiger partial charge in [-0.2, -0.15) is 0 Å². The maximum atomic E-state index is 12.1. The fourth-order valence-electron chi connectivity index (χ4n) is 2.09. The van der Waals surface area contributed by atoms with Crippen molar-refractivity contribution in [3.8, 4) is 11.5 Å². The van der Waals surface area contributed by atoms with Crippen molar-refractivity contribution < 1.29 is 18.7 Å². The molecule has 0 amide bonds. The molecule has 0 aliphatic carbocycles. The van der Waals surface area contributed by atoms with Crippen molar-refractivity contribution in [1.29, 1.82) is 0 Å². The number of ketones is 1. The summed E-state index contributed by atoms with van der Waals surface area (Å²) in [5.41, 5.74) is 1.45. The lowest BCUT2D eigenvalue weighted by Gasteiger charge is -2.07. The van der Waals surface area contributed by atoms with Crippen molar-refractivity contribution in [2.45, 2.75) is 13.8 Å². The van der Waals surface area contributed by atoms with Crippen LogP contribution in [0.1, 0.15) is 27.4 Å². The molecule has 0 bridgehead atoms. The topological polar surface area (TPSA) is 48.7 Å². The largest absolute Gasteiger partial charge is 0.493 e. The van der Waals surface area contributed by atoms with Gasteiger partial charge in [-0.25, -0.2) is 0 Å². The second-order valence-electron chi connectivity index (χ2n) is 4.64. The van der Waals surface area contributed by atoms with Gasteiger partial charge in [0, 0.05) is 0 Å². The zero-order chi connectivity index (χ0) is 15.4. The van der Waals surface area contributed by atoms with Crippen LogP contribution in [0.2, 0.25) is 0 Å². The molecular formula is C17H18O4. The molecule has 0 N–H and O–H groups in total. The van der Waals surface area contributed by atoms with Gasteiger partial charge in [-0.3, -0.25) is 4.79 Å². The monoisotopic (exact) mass is 286 g/mol. The molecule has 0 saturated carbocycles. The Balaban J connectivity index is 2.21. The van der Waals surface area contributed by atoms with Crippen molar-refractivity contribution in [3.05, 3.63) is 53.0 Å². The van der Waals surface area contributed by atoms with Gasteiger partial charge in [0.1, 0.15) is 11.5 Å². The molecule has 0 fully saturated rings. The highest BCUT2D eigenvalue weighted by Gasteiger charge is 2.10. The molecule has 2 aromatic rings. The minimum atomic E-state index is -0.0841. The van der Waals surface area contributed by atoms with Crippen LogP contribution in [-0.2, 0) is 0 Å². The maximum absolute atomic E-state index is 12.1. The summed E-state index contributed by atoms with van der Waals surface area (Å²) in [6.45, 7) is 3.60. The number of carbonyl (C=O) groups excluding carboxylic acids is 1. The Morgan fingerprint density at radius 3 is 2.38 bits per heavy atom. The molecule has 1 aromatic heterocycles. The molecule has 0 aliphatic heterocycles. The van der Waals surface area contributed by atoms with Crippen molar-refractivity contribution in [2.75, 3.05) is 14.2 Å². The third-order valence-electron chi connectivity index (χ3n) is 3.14. The number of carbonyl (C=O) groups is 1. The third kappa shape index (κ3) is 3.34. The van der Waals surface area contributed by atoms with Gasteiger partial charge in [0.05, 0.1) is 19.8 Å². The van der Waals surface area contributed by atoms with E-state index in [4.69, 9.17) is 13.9 Å². The number of aryl methyl sites for hydroxylation is 2. The first-order valence-corrected chi connectivity index (χ1v) is 6.56. The Bertz CT molecular complexity index is 680. The highest BCUT2D eigenvalue weighted by molar-refractivity contribution is 6.07. The van der Waals surface area contributed by atoms with Crippen LogP contribution >= 0.6 is 0 Å². The average molecular weight is 286 g/mol. The van der Waals surface area contributed by atoms with E-state index >= 15 is 0 Å². The third-order valence-corrected chi connectivity index (χ3v) is 3.14. The molecule has 0 unspecified atom stereocenters. The van der Waals surface area contributed by atoms with E-state index in [1.165, 1.54) is 6.08 Å². The lowest BCUT2D eigenvalue weighted by molar-refractivity contribution is 0.104. The predicted octanol–water partition coefficient (Wildman–Crippen LogP) is 3.81. The van der Waals surface area contributed by atoms with E-state index in [-0.39, 0.29) is 5.78 Å². The molecule has 4 heteroatoms. The van der Waals surface area contributed by atoms with E-state index < -0.39 is 0 Å². The highest BCUT2D eigenvalue weighted by Crippen LogP contribution is 2.28. The van der Waals surface area contributed by atoms with Crippen molar-refractivity contribution in [3.63, 3.8) is 0 Å². The SMILES string of the molecule is COc1ccc(/C=C/C(=O)c2cc(C)oc2C)cc1OC. The first-order chi connectivity index (χ1) is 10.0. The molecule has 0 radical (unpaired) electrons. The number of rotatable bonds is 5. The summed E-state index contributed by atoms with van der Waals surface area (Å²) in [6.07, 6.45) is 3.27. The molecule has 0 spiro atoms. The van der Waals surface area contributed by atoms with E-state index in [1.807, 2.05) is 19.1 Å². The van der Waals surface area contributed by atoms with Gasteiger partial charge in [-0.05, 0) is 43.7 Å². The smallest absolute Gasteiger partial charge is 0.189 e. The Hall–Kier alpha value is -2.49. The molecule has 21 heavy (non-hydrogen) atoms. The zero-order valence-corrected chi connectivity index (χ0v) is 12.6. The van der Waals surface area contributed by atoms with E-state index in [2.05, 4.69) is 0 Å². The number of furan rings is 1. The summed E-state index contributed by atoms with van der Waals surface area (Å²) in [7, 11) is 3.16. The molecule has 2 rings (SSSR count). The summed E-state index contributed by atoms with van der Waals surface area (Å²) in [4.78, 5) is 12.1. The Morgan fingerprint density at radius 1 is 1.10 bits per heavy atom. The normalized spacial score (nSPS) is 10.9. The summed E-state index contributed by atoms with van der Waals surface area (Å²) in [6, 6.07) is 7.22. The molecule has 0 atom stereocenters. The first-order valence-electron chi connectivity index (χ1n) is 6.56. The van der Waals surface area contributed by atoms with E-state index in [0.717, 1.165) is 11.3 Å². The maximum Gasteiger partial charge on any atom is 0.189 e. The highest BCUT2D eigenvalue weighted by atomic mass is 16.5. The number of allylic oxidation sites excluding steroid dienone is 1. The molecule has 1 aromatic carbocycles. The van der Waals surface area contributed by atoms with Crippen LogP contribution in [0.3, 0.4) is 0 Å². The first kappa shape index (κ1) is 14.9. The number of hydrogen-bond acceptors (Lipinski definition) is 4. The van der Waals surface area contributed by atoms with Gasteiger partial charge in [-0.1, -0.05) is 12.1 Å². The second-order valence-corrected chi connectivity index (χ2v) is 4.64. The van der Waals surface area contributed by atoms with Crippen molar-refractivity contribution in [1.82, 2.24) is 0 Å². The van der Waals surface area contributed by atoms with Gasteiger partial charge in [0.15, 0.2) is 17.3 Å². The lowest BCUT2D eigenvalue weighted by Crippen LogP contribution is -1.94. The fourth-order valence-corrected chi connectivity index (χ4v) is 2.09. The van der Waals surface area contributed by atoms with Crippen LogP contribution in [0.4, 0.5) is 0 Å². The van der Waals surface area contributed by atoms with Gasteiger partial charge in [-0.15, -0.1) is 0 Å². The van der Waals surface area contributed by atoms with Crippen LogP contribution in [0, 0.1) is 13.8 Å². The van der Waals surface area contributed by atoms with Crippen LogP contribution in [0.15, 0.2) is 34.8 Å². The van der Waals surface area contributed by atoms with Crippen molar-refractivity contribution in [2.24, 2.45) is 0 Å². The van der Waals surface area contributed by atoms with Gasteiger partial charge < -0.3 is 13.9 Å². The lowest BCUT2D eigenvalue weighted by atomic mass is 10.1. The van der Waals surface area contributed by atoms with E-state index in [0.29, 0.717) is 22.8 Å². The minimum Gasteiger partial charge on any atom is -0.493 e. The molecular weight excluding hydrogens is 268 g/mol. The van der Waals surface area contributed by atoms with Gasteiger partial charge in [0.25, 0.3) is 0 Å². The number of ether oxygens (including phenoxy) is 2. The molecule has 0 aliphatic rings. The van der Waals surface area contributed by atoms with Crippen LogP contribution in [-0.4, -0.2) is 20.0 Å². The summed E-state index contributed by atoms with van der Waals surface area (Å²) >= 11 is 0. The Morgan fingerprint density at radius 2 is 1.81 bits per heavy atom. The number of methoxy groups -OCH3 is 2. The average Bonchev–Trinajstić information content (AvgIpc) is 2.83. The fraction of sp³-hybridized carbons (Fsp3) is 0.235. The zero-order valence-electron chi connectivity index (χ0n) is 12.6. The second kappa shape index (κ2) is 6.31. The van der Waals surface area contributed by atoms with Crippen LogP contribution in [0.5, 0.6) is 11.5 Å². The molecule has 4 nitrogen and oxygen atoms in total. The Kier molecular flexibility index (Phi) is 4.48. The van der Waals surface area contributed by atoms with Crippen LogP contribution < -0.4 is 9.47 Å². The number of benzene rings is 1. The van der Waals surface area contributed by atoms with Gasteiger partial charge in [0.2, 0.25) is 0 Å². The number of hydrogen-bond donors (Lipinski definition) is 0. The van der Waals surface area contributed by atoms with E-state index in [1.54, 1.807) is 39.4 Å². The Labute approximate surface area is 124 Å². The van der Waals surface area contributed by atoms with Crippen molar-refractivity contribution >= 4 is 11.9 Å². The standard InChI is InChI=1S/C17H18O4/c1-11-9-14(12(2)21-11)15(18)7-5-13-6-8-16(19-3)17(10-13)20-4/h5-10H,1-4H3/b7-5+. The summed E-state index contributed by atoms with van der Waals surface area (Å²) < 4.78 is 15.8. The van der Waals surface area contributed by atoms with Gasteiger partial charge >= 0.3 is 0 Å². The predicted molar refractivity (Wildman–Crippen MR) is 81.1 cm³/mol. The summed E-state index contributed by atoms with van der Waals surface area (Å²) in [5, 5.41) is 0. The molecule has 1 heterocycles. The molecule has 110 valence electrons. The quantitative estimate of drug-likeness (QED) is 0.619. The minimum absolute atomic E-state index is 0.0841. The van der Waals surface area contributed by atoms with Crippen LogP contribution in [0.25, 0.3) is 6.08 Å². The molecule has 0 saturated heterocycles. The summed E-state index contributed by atoms with van der Waals surface area (Å²) in [5.74, 6) is 2.56.